The van der Waals surface area contributed by atoms with Crippen molar-refractivity contribution in [2.24, 2.45) is 0 Å². The van der Waals surface area contributed by atoms with Gasteiger partial charge < -0.3 is 4.74 Å². The van der Waals surface area contributed by atoms with Gasteiger partial charge in [0.1, 0.15) is 11.5 Å². The first-order valence-corrected chi connectivity index (χ1v) is 26.8. The van der Waals surface area contributed by atoms with Gasteiger partial charge in [0.05, 0.1) is 0 Å². The molecule has 0 radical (unpaired) electrons. The van der Waals surface area contributed by atoms with Gasteiger partial charge in [0.25, 0.3) is 0 Å². The first kappa shape index (κ1) is 50.7. The van der Waals surface area contributed by atoms with Crippen LogP contribution in [0.25, 0.3) is 56.7 Å². The second-order valence-electron chi connectivity index (χ2n) is 19.6. The predicted octanol–water partition coefficient (Wildman–Crippen LogP) is 17.8. The van der Waals surface area contributed by atoms with Crippen LogP contribution in [0.5, 0.6) is 11.5 Å². The summed E-state index contributed by atoms with van der Waals surface area (Å²) in [5, 5.41) is 0. The number of rotatable bonds is 12. The number of hydrogen-bond donors (Lipinski definition) is 0. The molecule has 2 aliphatic carbocycles. The third-order valence-electron chi connectivity index (χ3n) is 14.5. The minimum absolute atomic E-state index is 0.0406. The first-order valence-electron chi connectivity index (χ1n) is 26.8. The Labute approximate surface area is 473 Å². The van der Waals surface area contributed by atoms with E-state index in [4.69, 9.17) is 4.74 Å². The summed E-state index contributed by atoms with van der Waals surface area (Å²) in [5.74, 6) is 14.4. The van der Waals surface area contributed by atoms with Crippen LogP contribution in [-0.2, 0) is 9.59 Å². The van der Waals surface area contributed by atoms with Gasteiger partial charge in [-0.1, -0.05) is 243 Å². The van der Waals surface area contributed by atoms with Crippen molar-refractivity contribution in [1.29, 1.82) is 0 Å². The van der Waals surface area contributed by atoms with Gasteiger partial charge in [-0.3, -0.25) is 9.59 Å². The average Bonchev–Trinajstić information content (AvgIpc) is 4.23. The fourth-order valence-corrected chi connectivity index (χ4v) is 10.5. The average molecular weight is 1040 g/mol. The molecule has 10 aromatic rings. The largest absolute Gasteiger partial charge is 0.457 e. The molecule has 3 nitrogen and oxygen atoms in total. The smallest absolute Gasteiger partial charge is 0.195 e. The second-order valence-corrected chi connectivity index (χ2v) is 19.6. The van der Waals surface area contributed by atoms with E-state index in [2.05, 4.69) is 61.1 Å². The van der Waals surface area contributed by atoms with Gasteiger partial charge in [-0.2, -0.15) is 0 Å². The molecule has 81 heavy (non-hydrogen) atoms. The Hall–Kier alpha value is -11.1. The van der Waals surface area contributed by atoms with Crippen LogP contribution in [0.3, 0.4) is 0 Å². The molecule has 0 bridgehead atoms. The van der Waals surface area contributed by atoms with Crippen LogP contribution in [0.1, 0.15) is 77.9 Å². The summed E-state index contributed by atoms with van der Waals surface area (Å²) in [5.41, 5.74) is 18.5. The quantitative estimate of drug-likeness (QED) is 0.115. The van der Waals surface area contributed by atoms with Crippen molar-refractivity contribution < 1.29 is 14.3 Å². The Bertz CT molecular complexity index is 4020. The van der Waals surface area contributed by atoms with Crippen LogP contribution in [-0.4, -0.2) is 11.6 Å². The van der Waals surface area contributed by atoms with E-state index in [0.29, 0.717) is 33.8 Å². The topological polar surface area (TPSA) is 43.4 Å². The Balaban J connectivity index is 0.889. The zero-order chi connectivity index (χ0) is 55.1. The zero-order valence-electron chi connectivity index (χ0n) is 44.2. The summed E-state index contributed by atoms with van der Waals surface area (Å²) >= 11 is 0. The number of Topliss-reactive ketones (excluding diaryl/α,β-unsaturated/α-hetero) is 2. The maximum atomic E-state index is 15.1. The fraction of sp³-hybridized carbons (Fsp3) is 0. The highest BCUT2D eigenvalue weighted by Crippen LogP contribution is 2.52. The van der Waals surface area contributed by atoms with E-state index >= 15 is 9.59 Å². The highest BCUT2D eigenvalue weighted by atomic mass is 16.5. The Morgan fingerprint density at radius 3 is 0.691 bits per heavy atom. The maximum absolute atomic E-state index is 15.1. The maximum Gasteiger partial charge on any atom is 0.195 e. The molecule has 0 spiro atoms. The molecule has 0 N–H and O–H groups in total. The van der Waals surface area contributed by atoms with Gasteiger partial charge in [0.15, 0.2) is 11.6 Å². The molecular formula is C78H50O3. The minimum Gasteiger partial charge on any atom is -0.457 e. The first-order chi connectivity index (χ1) is 39.9. The van der Waals surface area contributed by atoms with E-state index in [1.807, 2.05) is 255 Å². The molecule has 0 aliphatic heterocycles. The van der Waals surface area contributed by atoms with Crippen LogP contribution in [0, 0.1) is 23.7 Å². The molecule has 3 heteroatoms. The van der Waals surface area contributed by atoms with E-state index in [1.165, 1.54) is 0 Å². The molecule has 0 atom stereocenters. The molecule has 0 unspecified atom stereocenters. The number of benzene rings is 10. The standard InChI is InChI=1S/C78H50O3/c1-3-53-25-29-55(30-26-53)33-35-57-37-41-63(42-38-57)69-71(75(61-21-13-7-14-22-61)77(79)73(69)59-17-9-5-10-18-59)65-45-49-67(50-46-65)81-68-51-47-66(48-52-68)72-70(64-43-39-58(40-44-64)36-34-56-31-27-54(4-2)28-32-56)74(60-19-11-6-12-20-60)78(80)76(72)62-23-15-8-16-24-62/h3-32,37-52H,1-2H2. The van der Waals surface area contributed by atoms with E-state index in [0.717, 1.165) is 100 Å². The van der Waals surface area contributed by atoms with Crippen molar-refractivity contribution in [3.8, 4) is 35.2 Å². The summed E-state index contributed by atoms with van der Waals surface area (Å²) in [4.78, 5) is 30.2. The van der Waals surface area contributed by atoms with Gasteiger partial charge in [-0.25, -0.2) is 0 Å². The molecular weight excluding hydrogens is 985 g/mol. The Kier molecular flexibility index (Phi) is 14.3. The lowest BCUT2D eigenvalue weighted by Gasteiger charge is -2.15. The Morgan fingerprint density at radius 1 is 0.247 bits per heavy atom. The SMILES string of the molecule is C=Cc1ccc(C#Cc2ccc(C3=C(c4ccccc4)C(=O)C(c4ccccc4)=C3c3ccc(Oc4ccc(C5=C(c6ccccc6)C(=O)C(c6ccccc6)=C5c5ccc(C#Cc6ccc(C=C)cc6)cc5)cc4)cc3)cc2)cc1. The van der Waals surface area contributed by atoms with Crippen LogP contribution >= 0.6 is 0 Å². The monoisotopic (exact) mass is 1030 g/mol. The molecule has 2 aliphatic rings. The van der Waals surface area contributed by atoms with Crippen molar-refractivity contribution in [3.63, 3.8) is 0 Å². The molecule has 0 amide bonds. The summed E-state index contributed by atoms with van der Waals surface area (Å²) < 4.78 is 6.62. The highest BCUT2D eigenvalue weighted by Gasteiger charge is 2.37. The lowest BCUT2D eigenvalue weighted by atomic mass is 9.89. The summed E-state index contributed by atoms with van der Waals surface area (Å²) in [6.07, 6.45) is 3.63. The van der Waals surface area contributed by atoms with Crippen LogP contribution in [0.4, 0.5) is 0 Å². The molecule has 12 rings (SSSR count). The van der Waals surface area contributed by atoms with Gasteiger partial charge in [0, 0.05) is 66.8 Å². The number of ketones is 2. The number of hydrogen-bond acceptors (Lipinski definition) is 3. The van der Waals surface area contributed by atoms with Crippen molar-refractivity contribution >= 4 is 68.3 Å². The number of allylic oxidation sites excluding steroid dienone is 8. The second kappa shape index (κ2) is 22.9. The van der Waals surface area contributed by atoms with E-state index < -0.39 is 0 Å². The van der Waals surface area contributed by atoms with Gasteiger partial charge in [-0.15, -0.1) is 0 Å². The normalized spacial score (nSPS) is 12.9. The van der Waals surface area contributed by atoms with E-state index in [-0.39, 0.29) is 11.6 Å². The molecule has 10 aromatic carbocycles. The third kappa shape index (κ3) is 10.6. The van der Waals surface area contributed by atoms with Gasteiger partial charge in [0.2, 0.25) is 0 Å². The van der Waals surface area contributed by atoms with Crippen molar-refractivity contribution in [1.82, 2.24) is 0 Å². The minimum atomic E-state index is -0.0406. The van der Waals surface area contributed by atoms with Crippen LogP contribution in [0.2, 0.25) is 0 Å². The molecule has 0 saturated carbocycles. The van der Waals surface area contributed by atoms with Gasteiger partial charge in [-0.05, 0) is 128 Å². The van der Waals surface area contributed by atoms with Gasteiger partial charge >= 0.3 is 0 Å². The van der Waals surface area contributed by atoms with E-state index in [1.54, 1.807) is 0 Å². The molecule has 380 valence electrons. The molecule has 0 fully saturated rings. The van der Waals surface area contributed by atoms with Crippen molar-refractivity contribution in [2.75, 3.05) is 0 Å². The Morgan fingerprint density at radius 2 is 0.457 bits per heavy atom. The van der Waals surface area contributed by atoms with Crippen LogP contribution < -0.4 is 4.74 Å². The number of carbonyl (C=O) groups excluding carboxylic acids is 2. The summed E-state index contributed by atoms with van der Waals surface area (Å²) in [6.45, 7) is 7.72. The molecule has 0 heterocycles. The van der Waals surface area contributed by atoms with Crippen LogP contribution in [0.15, 0.2) is 280 Å². The predicted molar refractivity (Wildman–Crippen MR) is 334 cm³/mol. The van der Waals surface area contributed by atoms with Crippen molar-refractivity contribution in [2.45, 2.75) is 0 Å². The molecule has 0 aromatic heterocycles. The summed E-state index contributed by atoms with van der Waals surface area (Å²) in [6, 6.07) is 87.9. The zero-order valence-corrected chi connectivity index (χ0v) is 44.2. The van der Waals surface area contributed by atoms with E-state index in [9.17, 15) is 0 Å². The lowest BCUT2D eigenvalue weighted by molar-refractivity contribution is -0.109. The summed E-state index contributed by atoms with van der Waals surface area (Å²) in [7, 11) is 0. The fourth-order valence-electron chi connectivity index (χ4n) is 10.5. The molecule has 0 saturated heterocycles. The third-order valence-corrected chi connectivity index (χ3v) is 14.5. The lowest BCUT2D eigenvalue weighted by Crippen LogP contribution is -2.01. The highest BCUT2D eigenvalue weighted by molar-refractivity contribution is 6.60. The number of ether oxygens (including phenoxy) is 1. The number of carbonyl (C=O) groups is 2. The van der Waals surface area contributed by atoms with Crippen molar-refractivity contribution in [3.05, 3.63) is 358 Å².